The van der Waals surface area contributed by atoms with E-state index in [0.29, 0.717) is 17.7 Å². The fraction of sp³-hybridized carbons (Fsp3) is 0.545. The molecule has 4 aliphatic rings. The maximum atomic E-state index is 12.4. The van der Waals surface area contributed by atoms with E-state index in [-0.39, 0.29) is 29.2 Å². The van der Waals surface area contributed by atoms with E-state index in [1.54, 1.807) is 6.07 Å². The van der Waals surface area contributed by atoms with Crippen LogP contribution in [0.3, 0.4) is 0 Å². The zero-order valence-corrected chi connectivity index (χ0v) is 16.7. The van der Waals surface area contributed by atoms with Crippen molar-refractivity contribution in [3.63, 3.8) is 0 Å². The molecule has 7 heteroatoms. The van der Waals surface area contributed by atoms with Crippen LogP contribution in [0.15, 0.2) is 24.3 Å². The Balaban J connectivity index is 1.51. The van der Waals surface area contributed by atoms with Crippen molar-refractivity contribution < 1.29 is 24.2 Å². The number of ether oxygens (including phenoxy) is 2. The molecule has 2 fully saturated rings. The SMILES string of the molecule is COC(=O)/C=C/C(=O)N[C@@H]1CC[C@H]2[C@H]3Cc4ccc(O)c5c4[C@@]2(CCN3C)[C@H]1O5. The Morgan fingerprint density at radius 2 is 2.17 bits per heavy atom. The lowest BCUT2D eigenvalue weighted by atomic mass is 9.51. The van der Waals surface area contributed by atoms with Crippen LogP contribution in [0.1, 0.15) is 30.4 Å². The summed E-state index contributed by atoms with van der Waals surface area (Å²) in [6.07, 6.45) is 5.84. The summed E-state index contributed by atoms with van der Waals surface area (Å²) in [5.74, 6) is 0.332. The van der Waals surface area contributed by atoms with Crippen molar-refractivity contribution in [2.75, 3.05) is 20.7 Å². The molecule has 2 N–H and O–H groups in total. The molecule has 1 aromatic carbocycles. The van der Waals surface area contributed by atoms with Crippen molar-refractivity contribution in [2.45, 2.75) is 49.3 Å². The van der Waals surface area contributed by atoms with Gasteiger partial charge in [0.25, 0.3) is 0 Å². The highest BCUT2D eigenvalue weighted by atomic mass is 16.5. The largest absolute Gasteiger partial charge is 0.504 e. The number of likely N-dealkylation sites (N-methyl/N-ethyl adjacent to an activating group) is 1. The number of esters is 1. The lowest BCUT2D eigenvalue weighted by Crippen LogP contribution is -2.68. The minimum Gasteiger partial charge on any atom is -0.504 e. The summed E-state index contributed by atoms with van der Waals surface area (Å²) < 4.78 is 11.0. The third-order valence-corrected chi connectivity index (χ3v) is 7.49. The number of nitrogens with zero attached hydrogens (tertiary/aromatic N) is 1. The maximum Gasteiger partial charge on any atom is 0.330 e. The van der Waals surface area contributed by atoms with Gasteiger partial charge in [-0.05, 0) is 56.8 Å². The van der Waals surface area contributed by atoms with E-state index in [4.69, 9.17) is 4.74 Å². The lowest BCUT2D eigenvalue weighted by Gasteiger charge is -2.59. The van der Waals surface area contributed by atoms with Crippen LogP contribution in [-0.2, 0) is 26.2 Å². The number of carbonyl (C=O) groups excluding carboxylic acids is 2. The first-order valence-corrected chi connectivity index (χ1v) is 10.2. The van der Waals surface area contributed by atoms with Crippen molar-refractivity contribution in [3.8, 4) is 11.5 Å². The highest BCUT2D eigenvalue weighted by molar-refractivity contribution is 5.94. The molecule has 1 aromatic rings. The monoisotopic (exact) mass is 398 g/mol. The molecule has 2 aliphatic heterocycles. The number of hydrogen-bond donors (Lipinski definition) is 2. The topological polar surface area (TPSA) is 88.1 Å². The van der Waals surface area contributed by atoms with Gasteiger partial charge in [-0.15, -0.1) is 0 Å². The maximum absolute atomic E-state index is 12.4. The Morgan fingerprint density at radius 1 is 1.34 bits per heavy atom. The summed E-state index contributed by atoms with van der Waals surface area (Å²) in [5.41, 5.74) is 2.24. The van der Waals surface area contributed by atoms with Crippen molar-refractivity contribution in [2.24, 2.45) is 5.92 Å². The van der Waals surface area contributed by atoms with Crippen LogP contribution >= 0.6 is 0 Å². The molecular formula is C22H26N2O5. The molecule has 1 spiro atoms. The normalized spacial score (nSPS) is 34.4. The molecule has 2 aliphatic carbocycles. The van der Waals surface area contributed by atoms with Crippen LogP contribution < -0.4 is 10.1 Å². The quantitative estimate of drug-likeness (QED) is 0.589. The van der Waals surface area contributed by atoms with Gasteiger partial charge < -0.3 is 24.8 Å². The summed E-state index contributed by atoms with van der Waals surface area (Å²) >= 11 is 0. The molecule has 5 atom stereocenters. The predicted molar refractivity (Wildman–Crippen MR) is 105 cm³/mol. The second-order valence-corrected chi connectivity index (χ2v) is 8.68. The molecule has 7 nitrogen and oxygen atoms in total. The van der Waals surface area contributed by atoms with E-state index >= 15 is 0 Å². The summed E-state index contributed by atoms with van der Waals surface area (Å²) in [6, 6.07) is 4.03. The van der Waals surface area contributed by atoms with Crippen molar-refractivity contribution in [1.29, 1.82) is 0 Å². The molecule has 29 heavy (non-hydrogen) atoms. The van der Waals surface area contributed by atoms with Gasteiger partial charge in [-0.1, -0.05) is 6.07 Å². The van der Waals surface area contributed by atoms with E-state index in [1.807, 2.05) is 6.07 Å². The van der Waals surface area contributed by atoms with Gasteiger partial charge in [0.1, 0.15) is 6.10 Å². The Kier molecular flexibility index (Phi) is 4.13. The molecule has 1 saturated carbocycles. The number of hydrogen-bond acceptors (Lipinski definition) is 6. The van der Waals surface area contributed by atoms with Crippen LogP contribution in [-0.4, -0.2) is 60.8 Å². The molecular weight excluding hydrogens is 372 g/mol. The average molecular weight is 398 g/mol. The average Bonchev–Trinajstić information content (AvgIpc) is 3.07. The first-order chi connectivity index (χ1) is 14.0. The molecule has 1 saturated heterocycles. The number of rotatable bonds is 3. The number of amides is 1. The standard InChI is InChI=1S/C22H26N2O5/c1-24-10-9-22-13-4-5-14(23-17(26)7-8-18(27)28-2)21(22)29-20-16(25)6-3-12(19(20)22)11-15(13)24/h3,6-8,13-15,21,25H,4-5,9-11H2,1-2H3,(H,23,26)/b8-7+/t13-,14+,15+,21-,22-/m0/s1. The molecule has 5 rings (SSSR count). The Bertz CT molecular complexity index is 913. The predicted octanol–water partition coefficient (Wildman–Crippen LogP) is 1.28. The second kappa shape index (κ2) is 6.49. The molecule has 0 radical (unpaired) electrons. The van der Waals surface area contributed by atoms with Gasteiger partial charge in [-0.25, -0.2) is 4.79 Å². The first kappa shape index (κ1) is 18.5. The Morgan fingerprint density at radius 3 is 2.97 bits per heavy atom. The molecule has 2 heterocycles. The zero-order chi connectivity index (χ0) is 20.3. The fourth-order valence-electron chi connectivity index (χ4n) is 6.33. The second-order valence-electron chi connectivity index (χ2n) is 8.68. The minimum absolute atomic E-state index is 0.178. The van der Waals surface area contributed by atoms with E-state index in [0.717, 1.165) is 38.3 Å². The number of phenolic OH excluding ortho intramolecular Hbond substituents is 1. The van der Waals surface area contributed by atoms with Crippen LogP contribution in [0.5, 0.6) is 11.5 Å². The van der Waals surface area contributed by atoms with Gasteiger partial charge in [0.2, 0.25) is 5.91 Å². The van der Waals surface area contributed by atoms with E-state index < -0.39 is 5.97 Å². The number of piperidine rings is 1. The third-order valence-electron chi connectivity index (χ3n) is 7.49. The van der Waals surface area contributed by atoms with Crippen molar-refractivity contribution >= 4 is 11.9 Å². The van der Waals surface area contributed by atoms with Gasteiger partial charge in [-0.3, -0.25) is 4.79 Å². The number of nitrogens with one attached hydrogen (secondary N) is 1. The number of likely N-dealkylation sites (tertiary alicyclic amines) is 1. The first-order valence-electron chi connectivity index (χ1n) is 10.2. The smallest absolute Gasteiger partial charge is 0.330 e. The van der Waals surface area contributed by atoms with Crippen LogP contribution in [0.25, 0.3) is 0 Å². The summed E-state index contributed by atoms with van der Waals surface area (Å²) in [6.45, 7) is 0.971. The third kappa shape index (κ3) is 2.53. The summed E-state index contributed by atoms with van der Waals surface area (Å²) in [5, 5.41) is 13.6. The van der Waals surface area contributed by atoms with E-state index in [1.165, 1.54) is 24.3 Å². The lowest BCUT2D eigenvalue weighted by molar-refractivity contribution is -0.135. The van der Waals surface area contributed by atoms with Gasteiger partial charge in [-0.2, -0.15) is 0 Å². The Labute approximate surface area is 169 Å². The van der Waals surface area contributed by atoms with Crippen LogP contribution in [0.4, 0.5) is 0 Å². The molecule has 154 valence electrons. The van der Waals surface area contributed by atoms with Crippen molar-refractivity contribution in [1.82, 2.24) is 10.2 Å². The summed E-state index contributed by atoms with van der Waals surface area (Å²) in [7, 11) is 3.47. The minimum atomic E-state index is -0.563. The van der Waals surface area contributed by atoms with Gasteiger partial charge in [0.15, 0.2) is 11.5 Å². The van der Waals surface area contributed by atoms with Gasteiger partial charge in [0.05, 0.1) is 13.2 Å². The summed E-state index contributed by atoms with van der Waals surface area (Å²) in [4.78, 5) is 26.2. The van der Waals surface area contributed by atoms with Gasteiger partial charge in [0, 0.05) is 29.2 Å². The van der Waals surface area contributed by atoms with Crippen molar-refractivity contribution in [3.05, 3.63) is 35.4 Å². The van der Waals surface area contributed by atoms with Crippen LogP contribution in [0, 0.1) is 5.92 Å². The van der Waals surface area contributed by atoms with E-state index in [9.17, 15) is 14.7 Å². The molecule has 0 aromatic heterocycles. The number of benzene rings is 1. The zero-order valence-electron chi connectivity index (χ0n) is 16.7. The van der Waals surface area contributed by atoms with Crippen LogP contribution in [0.2, 0.25) is 0 Å². The number of carbonyl (C=O) groups is 2. The number of methoxy groups -OCH3 is 1. The van der Waals surface area contributed by atoms with Gasteiger partial charge >= 0.3 is 5.97 Å². The fourth-order valence-corrected chi connectivity index (χ4v) is 6.33. The highest BCUT2D eigenvalue weighted by Gasteiger charge is 2.65. The molecule has 0 unspecified atom stereocenters. The molecule has 1 amide bonds. The number of phenols is 1. The Hall–Kier alpha value is -2.54. The highest BCUT2D eigenvalue weighted by Crippen LogP contribution is 2.63. The number of aromatic hydroxyl groups is 1. The molecule has 2 bridgehead atoms. The van der Waals surface area contributed by atoms with E-state index in [2.05, 4.69) is 22.0 Å².